The number of carbonyl (C=O) groups is 1. The maximum Gasteiger partial charge on any atom is 0.181 e. The maximum absolute atomic E-state index is 12.6. The van der Waals surface area contributed by atoms with Gasteiger partial charge < -0.3 is 4.84 Å². The Hall–Kier alpha value is -2.65. The predicted molar refractivity (Wildman–Crippen MR) is 96.7 cm³/mol. The zero-order valence-corrected chi connectivity index (χ0v) is 13.6. The molecule has 2 atom stereocenters. The topological polar surface area (TPSA) is 38.7 Å². The summed E-state index contributed by atoms with van der Waals surface area (Å²) in [6.07, 6.45) is 7.38. The van der Waals surface area contributed by atoms with Crippen LogP contribution >= 0.6 is 11.6 Å². The van der Waals surface area contributed by atoms with Gasteiger partial charge >= 0.3 is 0 Å². The molecule has 0 amide bonds. The van der Waals surface area contributed by atoms with E-state index in [1.165, 1.54) is 0 Å². The van der Waals surface area contributed by atoms with Crippen molar-refractivity contribution in [3.05, 3.63) is 90.5 Å². The molecule has 2 unspecified atom stereocenters. The van der Waals surface area contributed by atoms with Crippen molar-refractivity contribution in [3.63, 3.8) is 0 Å². The second kappa shape index (κ2) is 7.75. The van der Waals surface area contributed by atoms with Gasteiger partial charge in [-0.3, -0.25) is 4.79 Å². The number of benzene rings is 2. The molecule has 0 heterocycles. The van der Waals surface area contributed by atoms with Gasteiger partial charge in [-0.2, -0.15) is 0 Å². The number of Topliss-reactive ketones (excluding diaryl/α,β-unsaturated/α-hetero) is 1. The van der Waals surface area contributed by atoms with E-state index >= 15 is 0 Å². The quantitative estimate of drug-likeness (QED) is 0.452. The molecule has 1 aliphatic rings. The van der Waals surface area contributed by atoms with Crippen LogP contribution in [-0.2, 0) is 0 Å². The molecule has 0 N–H and O–H groups in total. The van der Waals surface area contributed by atoms with Crippen molar-refractivity contribution in [2.24, 2.45) is 11.1 Å². The SMILES string of the molecule is O=C(c1ccccc1)C(Cl)C1C=CC=CC1=NOc1ccccc1. The van der Waals surface area contributed by atoms with Crippen LogP contribution in [0.4, 0.5) is 0 Å². The molecule has 3 nitrogen and oxygen atoms in total. The Morgan fingerprint density at radius 3 is 2.38 bits per heavy atom. The Kier molecular flexibility index (Phi) is 5.24. The number of para-hydroxylation sites is 1. The Bertz CT molecular complexity index is 782. The van der Waals surface area contributed by atoms with E-state index in [2.05, 4.69) is 5.16 Å². The van der Waals surface area contributed by atoms with E-state index in [0.717, 1.165) is 0 Å². The largest absolute Gasteiger partial charge is 0.357 e. The smallest absolute Gasteiger partial charge is 0.181 e. The lowest BCUT2D eigenvalue weighted by Crippen LogP contribution is -2.30. The fourth-order valence-electron chi connectivity index (χ4n) is 2.40. The Balaban J connectivity index is 1.78. The first-order chi connectivity index (χ1) is 11.8. The molecule has 0 aromatic heterocycles. The standard InChI is InChI=1S/C20H16ClNO2/c21-19(20(23)15-9-3-1-4-10-15)17-13-7-8-14-18(17)22-24-16-11-5-2-6-12-16/h1-14,17,19H. The van der Waals surface area contributed by atoms with Crippen molar-refractivity contribution in [1.82, 2.24) is 0 Å². The van der Waals surface area contributed by atoms with Crippen molar-refractivity contribution in [2.45, 2.75) is 5.38 Å². The van der Waals surface area contributed by atoms with Crippen LogP contribution in [-0.4, -0.2) is 16.9 Å². The summed E-state index contributed by atoms with van der Waals surface area (Å²) in [5.74, 6) is 0.162. The predicted octanol–water partition coefficient (Wildman–Crippen LogP) is 4.65. The third kappa shape index (κ3) is 3.81. The molecule has 0 radical (unpaired) electrons. The van der Waals surface area contributed by atoms with Crippen molar-refractivity contribution < 1.29 is 9.63 Å². The van der Waals surface area contributed by atoms with Crippen LogP contribution in [0.25, 0.3) is 0 Å². The van der Waals surface area contributed by atoms with Crippen LogP contribution in [0.15, 0.2) is 90.1 Å². The van der Waals surface area contributed by atoms with E-state index in [9.17, 15) is 4.79 Å². The molecule has 120 valence electrons. The third-order valence-electron chi connectivity index (χ3n) is 3.66. The average Bonchev–Trinajstić information content (AvgIpc) is 2.67. The molecule has 2 aromatic rings. The molecule has 24 heavy (non-hydrogen) atoms. The molecular formula is C20H16ClNO2. The maximum atomic E-state index is 12.6. The summed E-state index contributed by atoms with van der Waals surface area (Å²) in [7, 11) is 0. The molecule has 4 heteroatoms. The van der Waals surface area contributed by atoms with E-state index in [1.54, 1.807) is 18.2 Å². The highest BCUT2D eigenvalue weighted by Gasteiger charge is 2.29. The second-order valence-electron chi connectivity index (χ2n) is 5.32. The first-order valence-electron chi connectivity index (χ1n) is 7.64. The van der Waals surface area contributed by atoms with E-state index in [1.807, 2.05) is 66.8 Å². The molecule has 0 bridgehead atoms. The van der Waals surface area contributed by atoms with Gasteiger partial charge in [-0.05, 0) is 18.2 Å². The van der Waals surface area contributed by atoms with E-state index in [4.69, 9.17) is 16.4 Å². The van der Waals surface area contributed by atoms with Crippen molar-refractivity contribution in [2.75, 3.05) is 0 Å². The highest BCUT2D eigenvalue weighted by molar-refractivity contribution is 6.36. The van der Waals surface area contributed by atoms with Gasteiger partial charge in [-0.15, -0.1) is 11.6 Å². The highest BCUT2D eigenvalue weighted by atomic mass is 35.5. The van der Waals surface area contributed by atoms with Gasteiger partial charge in [0.2, 0.25) is 0 Å². The number of rotatable bonds is 5. The lowest BCUT2D eigenvalue weighted by molar-refractivity contribution is 0.0981. The van der Waals surface area contributed by atoms with E-state index in [0.29, 0.717) is 17.0 Å². The molecule has 1 aliphatic carbocycles. The van der Waals surface area contributed by atoms with Crippen LogP contribution in [0.1, 0.15) is 10.4 Å². The van der Waals surface area contributed by atoms with Crippen LogP contribution in [0, 0.1) is 5.92 Å². The summed E-state index contributed by atoms with van der Waals surface area (Å²) >= 11 is 6.45. The summed E-state index contributed by atoms with van der Waals surface area (Å²) in [5.41, 5.74) is 1.20. The summed E-state index contributed by atoms with van der Waals surface area (Å²) < 4.78 is 0. The number of alkyl halides is 1. The lowest BCUT2D eigenvalue weighted by atomic mass is 9.90. The van der Waals surface area contributed by atoms with Crippen molar-refractivity contribution in [1.29, 1.82) is 0 Å². The Morgan fingerprint density at radius 1 is 1.00 bits per heavy atom. The summed E-state index contributed by atoms with van der Waals surface area (Å²) in [6, 6.07) is 18.3. The van der Waals surface area contributed by atoms with Gasteiger partial charge in [0.15, 0.2) is 11.5 Å². The number of hydrogen-bond acceptors (Lipinski definition) is 3. The molecule has 0 aliphatic heterocycles. The molecule has 3 rings (SSSR count). The van der Waals surface area contributed by atoms with Crippen LogP contribution in [0.3, 0.4) is 0 Å². The van der Waals surface area contributed by atoms with E-state index < -0.39 is 5.38 Å². The number of allylic oxidation sites excluding steroid dienone is 4. The number of nitrogens with zero attached hydrogens (tertiary/aromatic N) is 1. The Labute approximate surface area is 145 Å². The van der Waals surface area contributed by atoms with Crippen molar-refractivity contribution >= 4 is 23.1 Å². The van der Waals surface area contributed by atoms with Gasteiger partial charge in [0.25, 0.3) is 0 Å². The third-order valence-corrected chi connectivity index (χ3v) is 4.13. The first kappa shape index (κ1) is 16.2. The summed E-state index contributed by atoms with van der Waals surface area (Å²) in [6.45, 7) is 0. The Morgan fingerprint density at radius 2 is 1.67 bits per heavy atom. The minimum atomic E-state index is -0.744. The van der Waals surface area contributed by atoms with Gasteiger partial charge in [0.1, 0.15) is 5.38 Å². The van der Waals surface area contributed by atoms with Crippen molar-refractivity contribution in [3.8, 4) is 5.75 Å². The highest BCUT2D eigenvalue weighted by Crippen LogP contribution is 2.23. The van der Waals surface area contributed by atoms with Crippen LogP contribution < -0.4 is 4.84 Å². The first-order valence-corrected chi connectivity index (χ1v) is 8.07. The summed E-state index contributed by atoms with van der Waals surface area (Å²) in [4.78, 5) is 18.0. The average molecular weight is 338 g/mol. The van der Waals surface area contributed by atoms with Gasteiger partial charge in [-0.25, -0.2) is 0 Å². The molecular weight excluding hydrogens is 322 g/mol. The number of ketones is 1. The lowest BCUT2D eigenvalue weighted by Gasteiger charge is -2.20. The van der Waals surface area contributed by atoms with Gasteiger partial charge in [-0.1, -0.05) is 71.9 Å². The minimum Gasteiger partial charge on any atom is -0.357 e. The minimum absolute atomic E-state index is 0.130. The zero-order chi connectivity index (χ0) is 16.8. The zero-order valence-electron chi connectivity index (χ0n) is 12.9. The fraction of sp³-hybridized carbons (Fsp3) is 0.100. The van der Waals surface area contributed by atoms with E-state index in [-0.39, 0.29) is 11.7 Å². The van der Waals surface area contributed by atoms with Gasteiger partial charge in [0.05, 0.1) is 5.71 Å². The monoisotopic (exact) mass is 337 g/mol. The molecule has 2 aromatic carbocycles. The number of carbonyl (C=O) groups excluding carboxylic acids is 1. The van der Waals surface area contributed by atoms with Crippen LogP contribution in [0.2, 0.25) is 0 Å². The number of oxime groups is 1. The molecule has 0 saturated carbocycles. The van der Waals surface area contributed by atoms with Crippen LogP contribution in [0.5, 0.6) is 5.75 Å². The molecule has 0 fully saturated rings. The molecule has 0 saturated heterocycles. The molecule has 0 spiro atoms. The number of halogens is 1. The van der Waals surface area contributed by atoms with Gasteiger partial charge in [0, 0.05) is 11.5 Å². The second-order valence-corrected chi connectivity index (χ2v) is 5.79. The fourth-order valence-corrected chi connectivity index (χ4v) is 2.74. The summed E-state index contributed by atoms with van der Waals surface area (Å²) in [5, 5.41) is 3.43. The normalized spacial score (nSPS) is 19.2. The number of hydrogen-bond donors (Lipinski definition) is 0.